The van der Waals surface area contributed by atoms with Crippen molar-refractivity contribution in [1.82, 2.24) is 4.90 Å². The predicted octanol–water partition coefficient (Wildman–Crippen LogP) is 3.48. The number of hydrogen-bond acceptors (Lipinski definition) is 3. The van der Waals surface area contributed by atoms with Crippen LogP contribution in [0, 0.1) is 0 Å². The Bertz CT molecular complexity index is 723. The number of nitrogens with zero attached hydrogens (tertiary/aromatic N) is 1. The maximum Gasteiger partial charge on any atom is 0.449 e. The highest BCUT2D eigenvalue weighted by Gasteiger charge is 2.35. The van der Waals surface area contributed by atoms with Crippen LogP contribution in [0.5, 0.6) is 0 Å². The molecule has 122 valence electrons. The number of fused-ring (bicyclic) bond motifs is 1. The van der Waals surface area contributed by atoms with E-state index in [1.807, 2.05) is 12.1 Å². The average molecular weight is 325 g/mol. The minimum Gasteiger partial charge on any atom is -0.481 e. The zero-order valence-electron chi connectivity index (χ0n) is 12.0. The monoisotopic (exact) mass is 325 g/mol. The summed E-state index contributed by atoms with van der Waals surface area (Å²) < 4.78 is 42.5. The predicted molar refractivity (Wildman–Crippen MR) is 74.6 cm³/mol. The molecular weight excluding hydrogens is 311 g/mol. The number of furan rings is 1. The van der Waals surface area contributed by atoms with Gasteiger partial charge in [-0.3, -0.25) is 9.69 Å². The maximum atomic E-state index is 12.6. The average Bonchev–Trinajstić information content (AvgIpc) is 2.95. The first kappa shape index (κ1) is 15.6. The van der Waals surface area contributed by atoms with Crippen LogP contribution in [0.1, 0.15) is 28.6 Å². The zero-order chi connectivity index (χ0) is 16.6. The van der Waals surface area contributed by atoms with Gasteiger partial charge in [-0.1, -0.05) is 24.3 Å². The number of aliphatic carboxylic acids is 1. The normalized spacial score (nSPS) is 18.7. The number of alkyl halides is 3. The molecule has 1 aromatic carbocycles. The van der Waals surface area contributed by atoms with Gasteiger partial charge in [0.2, 0.25) is 5.76 Å². The number of benzene rings is 1. The van der Waals surface area contributed by atoms with Gasteiger partial charge in [-0.15, -0.1) is 0 Å². The lowest BCUT2D eigenvalue weighted by Gasteiger charge is -2.32. The molecule has 0 saturated carbocycles. The van der Waals surface area contributed by atoms with Gasteiger partial charge < -0.3 is 9.52 Å². The summed E-state index contributed by atoms with van der Waals surface area (Å²) in [6.07, 6.45) is -4.52. The molecular formula is C16H14F3NO3. The van der Waals surface area contributed by atoms with Crippen LogP contribution >= 0.6 is 0 Å². The van der Waals surface area contributed by atoms with E-state index in [1.165, 1.54) is 6.07 Å². The molecule has 0 fully saturated rings. The number of rotatable bonds is 3. The second kappa shape index (κ2) is 5.73. The molecule has 2 aromatic rings. The second-order valence-electron chi connectivity index (χ2n) is 5.52. The number of hydrogen-bond donors (Lipinski definition) is 1. The van der Waals surface area contributed by atoms with Crippen LogP contribution in [0.15, 0.2) is 40.8 Å². The summed E-state index contributed by atoms with van der Waals surface area (Å²) in [6.45, 7) is 0.838. The molecule has 1 aromatic heterocycles. The van der Waals surface area contributed by atoms with Crippen molar-refractivity contribution in [2.24, 2.45) is 0 Å². The summed E-state index contributed by atoms with van der Waals surface area (Å²) in [5.41, 5.74) is 1.63. The number of carboxylic acids is 1. The molecule has 0 spiro atoms. The van der Waals surface area contributed by atoms with E-state index in [2.05, 4.69) is 0 Å². The van der Waals surface area contributed by atoms with Crippen molar-refractivity contribution in [3.63, 3.8) is 0 Å². The molecule has 23 heavy (non-hydrogen) atoms. The Hall–Kier alpha value is -2.28. The van der Waals surface area contributed by atoms with Gasteiger partial charge in [0.25, 0.3) is 0 Å². The molecule has 7 heteroatoms. The van der Waals surface area contributed by atoms with Crippen LogP contribution in [0.4, 0.5) is 13.2 Å². The highest BCUT2D eigenvalue weighted by Crippen LogP contribution is 2.32. The minimum absolute atomic E-state index is 0.133. The number of carboxylic acid groups (broad SMARTS) is 1. The van der Waals surface area contributed by atoms with E-state index in [4.69, 9.17) is 4.42 Å². The van der Waals surface area contributed by atoms with E-state index in [1.54, 1.807) is 17.0 Å². The van der Waals surface area contributed by atoms with E-state index in [9.17, 15) is 23.1 Å². The van der Waals surface area contributed by atoms with Crippen molar-refractivity contribution < 1.29 is 27.5 Å². The van der Waals surface area contributed by atoms with Gasteiger partial charge >= 0.3 is 12.1 Å². The Morgan fingerprint density at radius 3 is 2.65 bits per heavy atom. The van der Waals surface area contributed by atoms with Crippen molar-refractivity contribution in [2.75, 3.05) is 6.54 Å². The number of carbonyl (C=O) groups is 1. The van der Waals surface area contributed by atoms with Crippen molar-refractivity contribution in [1.29, 1.82) is 0 Å². The van der Waals surface area contributed by atoms with Gasteiger partial charge in [-0.2, -0.15) is 13.2 Å². The Morgan fingerprint density at radius 2 is 2.00 bits per heavy atom. The van der Waals surface area contributed by atoms with Crippen molar-refractivity contribution >= 4 is 5.97 Å². The lowest BCUT2D eigenvalue weighted by molar-refractivity contribution is -0.153. The molecule has 0 saturated heterocycles. The summed E-state index contributed by atoms with van der Waals surface area (Å²) in [5.74, 6) is -2.52. The molecule has 3 rings (SSSR count). The van der Waals surface area contributed by atoms with E-state index in [0.29, 0.717) is 6.54 Å². The first-order chi connectivity index (χ1) is 10.8. The fourth-order valence-corrected chi connectivity index (χ4v) is 2.85. The lowest BCUT2D eigenvalue weighted by atomic mass is 9.90. The van der Waals surface area contributed by atoms with Crippen LogP contribution in [-0.2, 0) is 24.1 Å². The molecule has 0 aliphatic carbocycles. The quantitative estimate of drug-likeness (QED) is 0.939. The van der Waals surface area contributed by atoms with E-state index >= 15 is 0 Å². The summed E-state index contributed by atoms with van der Waals surface area (Å²) in [7, 11) is 0. The van der Waals surface area contributed by atoms with E-state index in [-0.39, 0.29) is 18.8 Å². The highest BCUT2D eigenvalue weighted by atomic mass is 19.4. The Labute approximate surface area is 130 Å². The Kier molecular flexibility index (Phi) is 3.89. The van der Waals surface area contributed by atoms with Crippen LogP contribution in [-0.4, -0.2) is 22.5 Å². The van der Waals surface area contributed by atoms with Gasteiger partial charge in [0.1, 0.15) is 5.76 Å². The SMILES string of the molecule is O=C(O)C1CN(Cc2ccc(C(F)(F)F)o2)Cc2ccccc21. The molecule has 1 unspecified atom stereocenters. The topological polar surface area (TPSA) is 53.7 Å². The van der Waals surface area contributed by atoms with Crippen molar-refractivity contribution in [3.05, 3.63) is 59.0 Å². The zero-order valence-corrected chi connectivity index (χ0v) is 12.0. The molecule has 4 nitrogen and oxygen atoms in total. The van der Waals surface area contributed by atoms with Gasteiger partial charge in [0.05, 0.1) is 12.5 Å². The summed E-state index contributed by atoms with van der Waals surface area (Å²) in [5, 5.41) is 9.38. The molecule has 0 radical (unpaired) electrons. The first-order valence-corrected chi connectivity index (χ1v) is 7.03. The summed E-state index contributed by atoms with van der Waals surface area (Å²) in [6, 6.07) is 9.38. The Balaban J connectivity index is 1.80. The fraction of sp³-hybridized carbons (Fsp3) is 0.312. The second-order valence-corrected chi connectivity index (χ2v) is 5.52. The molecule has 1 aliphatic heterocycles. The third-order valence-corrected chi connectivity index (χ3v) is 3.88. The fourth-order valence-electron chi connectivity index (χ4n) is 2.85. The van der Waals surface area contributed by atoms with Crippen LogP contribution in [0.3, 0.4) is 0 Å². The molecule has 0 amide bonds. The van der Waals surface area contributed by atoms with Crippen LogP contribution < -0.4 is 0 Å². The third kappa shape index (κ3) is 3.24. The summed E-state index contributed by atoms with van der Waals surface area (Å²) >= 11 is 0. The van der Waals surface area contributed by atoms with Crippen LogP contribution in [0.2, 0.25) is 0 Å². The van der Waals surface area contributed by atoms with Crippen molar-refractivity contribution in [3.8, 4) is 0 Å². The molecule has 1 N–H and O–H groups in total. The summed E-state index contributed by atoms with van der Waals surface area (Å²) in [4.78, 5) is 13.2. The van der Waals surface area contributed by atoms with E-state index in [0.717, 1.165) is 17.2 Å². The van der Waals surface area contributed by atoms with Gasteiger partial charge in [0, 0.05) is 13.1 Å². The maximum absolute atomic E-state index is 12.6. The van der Waals surface area contributed by atoms with E-state index < -0.39 is 23.8 Å². The molecule has 1 atom stereocenters. The molecule has 0 bridgehead atoms. The largest absolute Gasteiger partial charge is 0.481 e. The lowest BCUT2D eigenvalue weighted by Crippen LogP contribution is -2.36. The molecule has 1 aliphatic rings. The first-order valence-electron chi connectivity index (χ1n) is 7.03. The minimum atomic E-state index is -4.52. The van der Waals surface area contributed by atoms with Crippen LogP contribution in [0.25, 0.3) is 0 Å². The van der Waals surface area contributed by atoms with Gasteiger partial charge in [-0.05, 0) is 23.3 Å². The third-order valence-electron chi connectivity index (χ3n) is 3.88. The standard InChI is InChI=1S/C16H14F3NO3/c17-16(18,19)14-6-5-11(23-14)8-20-7-10-3-1-2-4-12(10)13(9-20)15(21)22/h1-6,13H,7-9H2,(H,21,22). The molecule has 2 heterocycles. The van der Waals surface area contributed by atoms with Gasteiger partial charge in [0.15, 0.2) is 0 Å². The Morgan fingerprint density at radius 1 is 1.26 bits per heavy atom. The highest BCUT2D eigenvalue weighted by molar-refractivity contribution is 5.77. The smallest absolute Gasteiger partial charge is 0.449 e. The van der Waals surface area contributed by atoms with Crippen molar-refractivity contribution in [2.45, 2.75) is 25.2 Å². The number of halogens is 3. The van der Waals surface area contributed by atoms with Gasteiger partial charge in [-0.25, -0.2) is 0 Å².